The molecule has 0 aliphatic heterocycles. The number of nitrogens with zero attached hydrogens (tertiary/aromatic N) is 1. The van der Waals surface area contributed by atoms with E-state index in [0.29, 0.717) is 17.0 Å². The van der Waals surface area contributed by atoms with Gasteiger partial charge in [0.1, 0.15) is 11.6 Å². The van der Waals surface area contributed by atoms with Gasteiger partial charge in [0.05, 0.1) is 16.2 Å². The summed E-state index contributed by atoms with van der Waals surface area (Å²) in [6.45, 7) is -0.0645. The van der Waals surface area contributed by atoms with Gasteiger partial charge in [-0.2, -0.15) is 0 Å². The van der Waals surface area contributed by atoms with Crippen molar-refractivity contribution in [1.82, 2.24) is 15.3 Å². The van der Waals surface area contributed by atoms with Gasteiger partial charge in [0.2, 0.25) is 0 Å². The van der Waals surface area contributed by atoms with E-state index >= 15 is 0 Å². The molecule has 8 heteroatoms. The number of aromatic amines is 1. The highest BCUT2D eigenvalue weighted by Crippen LogP contribution is 2.19. The number of nitrogens with one attached hydrogen (secondary N) is 2. The standard InChI is InChI=1S/C18H16FN3O3S/c19-13-5-7-14(8-6-13)26(24,25)12-11-22-18(23)16-4-2-1-3-15(16)17-20-9-10-21-17/h1-10H,11-12H2,(H,20,21)(H,22,23). The summed E-state index contributed by atoms with van der Waals surface area (Å²) in [5, 5.41) is 2.60. The van der Waals surface area contributed by atoms with Gasteiger partial charge < -0.3 is 10.3 Å². The molecule has 0 saturated heterocycles. The van der Waals surface area contributed by atoms with Crippen LogP contribution in [0.2, 0.25) is 0 Å². The van der Waals surface area contributed by atoms with Crippen LogP contribution in [0.1, 0.15) is 10.4 Å². The summed E-state index contributed by atoms with van der Waals surface area (Å²) in [7, 11) is -3.61. The van der Waals surface area contributed by atoms with Crippen LogP contribution in [0, 0.1) is 5.82 Å². The molecule has 0 unspecified atom stereocenters. The monoisotopic (exact) mass is 373 g/mol. The van der Waals surface area contributed by atoms with Gasteiger partial charge in [-0.1, -0.05) is 18.2 Å². The lowest BCUT2D eigenvalue weighted by molar-refractivity contribution is 0.0956. The molecule has 3 rings (SSSR count). The smallest absolute Gasteiger partial charge is 0.252 e. The Morgan fingerprint density at radius 1 is 1.12 bits per heavy atom. The highest BCUT2D eigenvalue weighted by Gasteiger charge is 2.17. The number of benzene rings is 2. The van der Waals surface area contributed by atoms with E-state index in [2.05, 4.69) is 15.3 Å². The second kappa shape index (κ2) is 7.49. The first kappa shape index (κ1) is 17.8. The van der Waals surface area contributed by atoms with Crippen LogP contribution in [-0.2, 0) is 9.84 Å². The molecule has 1 aromatic heterocycles. The Morgan fingerprint density at radius 3 is 2.54 bits per heavy atom. The summed E-state index contributed by atoms with van der Waals surface area (Å²) in [5.41, 5.74) is 1.01. The van der Waals surface area contributed by atoms with Crippen molar-refractivity contribution in [2.45, 2.75) is 4.90 Å². The van der Waals surface area contributed by atoms with Gasteiger partial charge in [-0.15, -0.1) is 0 Å². The number of carbonyl (C=O) groups excluding carboxylic acids is 1. The Labute approximate surface area is 150 Å². The van der Waals surface area contributed by atoms with E-state index in [9.17, 15) is 17.6 Å². The molecule has 1 heterocycles. The van der Waals surface area contributed by atoms with E-state index < -0.39 is 21.6 Å². The van der Waals surface area contributed by atoms with Gasteiger partial charge in [-0.3, -0.25) is 4.79 Å². The maximum atomic E-state index is 12.9. The zero-order valence-electron chi connectivity index (χ0n) is 13.6. The molecule has 3 aromatic rings. The summed E-state index contributed by atoms with van der Waals surface area (Å²) in [4.78, 5) is 19.5. The number of hydrogen-bond acceptors (Lipinski definition) is 4. The van der Waals surface area contributed by atoms with Gasteiger partial charge in [-0.25, -0.2) is 17.8 Å². The molecule has 0 spiro atoms. The summed E-state index contributed by atoms with van der Waals surface area (Å²) < 4.78 is 37.4. The molecule has 2 N–H and O–H groups in total. The Hall–Kier alpha value is -3.00. The van der Waals surface area contributed by atoms with Crippen LogP contribution < -0.4 is 5.32 Å². The van der Waals surface area contributed by atoms with Gasteiger partial charge in [0.25, 0.3) is 5.91 Å². The van der Waals surface area contributed by atoms with Gasteiger partial charge in [0.15, 0.2) is 9.84 Å². The lowest BCUT2D eigenvalue weighted by Crippen LogP contribution is -2.29. The minimum atomic E-state index is -3.61. The summed E-state index contributed by atoms with van der Waals surface area (Å²) in [6.07, 6.45) is 3.23. The van der Waals surface area contributed by atoms with Gasteiger partial charge >= 0.3 is 0 Å². The molecule has 6 nitrogen and oxygen atoms in total. The summed E-state index contributed by atoms with van der Waals surface area (Å²) >= 11 is 0. The molecule has 2 aromatic carbocycles. The first-order chi connectivity index (χ1) is 12.5. The van der Waals surface area contributed by atoms with Gasteiger partial charge in [0, 0.05) is 24.5 Å². The summed E-state index contributed by atoms with van der Waals surface area (Å²) in [5.74, 6) is -0.638. The maximum absolute atomic E-state index is 12.9. The Kier molecular flexibility index (Phi) is 5.13. The molecule has 0 aliphatic carbocycles. The predicted octanol–water partition coefficient (Wildman–Crippen LogP) is 2.42. The van der Waals surface area contributed by atoms with Crippen LogP contribution in [0.15, 0.2) is 65.8 Å². The number of sulfone groups is 1. The average molecular weight is 373 g/mol. The highest BCUT2D eigenvalue weighted by molar-refractivity contribution is 7.91. The molecule has 26 heavy (non-hydrogen) atoms. The van der Waals surface area contributed by atoms with E-state index in [1.54, 1.807) is 36.7 Å². The zero-order valence-corrected chi connectivity index (χ0v) is 14.5. The van der Waals surface area contributed by atoms with Gasteiger partial charge in [-0.05, 0) is 30.3 Å². The van der Waals surface area contributed by atoms with E-state index in [4.69, 9.17) is 0 Å². The lowest BCUT2D eigenvalue weighted by atomic mass is 10.1. The van der Waals surface area contributed by atoms with E-state index in [0.717, 1.165) is 12.1 Å². The topological polar surface area (TPSA) is 91.9 Å². The van der Waals surface area contributed by atoms with Crippen molar-refractivity contribution in [1.29, 1.82) is 0 Å². The quantitative estimate of drug-likeness (QED) is 0.649. The van der Waals surface area contributed by atoms with Crippen LogP contribution in [0.4, 0.5) is 4.39 Å². The highest BCUT2D eigenvalue weighted by atomic mass is 32.2. The fourth-order valence-electron chi connectivity index (χ4n) is 2.45. The number of halogens is 1. The number of H-pyrrole nitrogens is 1. The van der Waals surface area contributed by atoms with E-state index in [1.165, 1.54) is 12.1 Å². The molecular formula is C18H16FN3O3S. The van der Waals surface area contributed by atoms with Crippen molar-refractivity contribution >= 4 is 15.7 Å². The van der Waals surface area contributed by atoms with Crippen molar-refractivity contribution in [3.63, 3.8) is 0 Å². The fourth-order valence-corrected chi connectivity index (χ4v) is 3.61. The SMILES string of the molecule is O=C(NCCS(=O)(=O)c1ccc(F)cc1)c1ccccc1-c1ncc[nH]1. The number of carbonyl (C=O) groups is 1. The Morgan fingerprint density at radius 2 is 1.85 bits per heavy atom. The Bertz CT molecular complexity index is 1000. The Balaban J connectivity index is 1.68. The molecule has 0 fully saturated rings. The minimum Gasteiger partial charge on any atom is -0.351 e. The van der Waals surface area contributed by atoms with Crippen molar-refractivity contribution in [2.75, 3.05) is 12.3 Å². The molecule has 0 saturated carbocycles. The minimum absolute atomic E-state index is 0.0177. The molecule has 0 atom stereocenters. The molecule has 1 amide bonds. The third-order valence-corrected chi connectivity index (χ3v) is 5.49. The van der Waals surface area contributed by atoms with E-state index in [-0.39, 0.29) is 17.2 Å². The second-order valence-electron chi connectivity index (χ2n) is 5.51. The molecular weight excluding hydrogens is 357 g/mol. The predicted molar refractivity (Wildman–Crippen MR) is 94.8 cm³/mol. The molecule has 134 valence electrons. The van der Waals surface area contributed by atoms with Crippen LogP contribution in [0.5, 0.6) is 0 Å². The first-order valence-electron chi connectivity index (χ1n) is 7.83. The lowest BCUT2D eigenvalue weighted by Gasteiger charge is -2.09. The van der Waals surface area contributed by atoms with Crippen molar-refractivity contribution < 1.29 is 17.6 Å². The number of aromatic nitrogens is 2. The maximum Gasteiger partial charge on any atom is 0.252 e. The number of imidazole rings is 1. The van der Waals surface area contributed by atoms with Crippen molar-refractivity contribution in [2.24, 2.45) is 0 Å². The van der Waals surface area contributed by atoms with Crippen molar-refractivity contribution in [3.05, 3.63) is 72.3 Å². The molecule has 0 bridgehead atoms. The molecule has 0 aliphatic rings. The normalized spacial score (nSPS) is 11.3. The number of hydrogen-bond donors (Lipinski definition) is 2. The third kappa shape index (κ3) is 3.97. The summed E-state index contributed by atoms with van der Waals surface area (Å²) in [6, 6.07) is 11.5. The largest absolute Gasteiger partial charge is 0.351 e. The molecule has 0 radical (unpaired) electrons. The van der Waals surface area contributed by atoms with Crippen LogP contribution in [0.3, 0.4) is 0 Å². The van der Waals surface area contributed by atoms with E-state index in [1.807, 2.05) is 0 Å². The van der Waals surface area contributed by atoms with Crippen molar-refractivity contribution in [3.8, 4) is 11.4 Å². The number of rotatable bonds is 6. The first-order valence-corrected chi connectivity index (χ1v) is 9.48. The second-order valence-corrected chi connectivity index (χ2v) is 7.62. The van der Waals surface area contributed by atoms with Crippen LogP contribution >= 0.6 is 0 Å². The zero-order chi connectivity index (χ0) is 18.6. The van der Waals surface area contributed by atoms with Crippen LogP contribution in [-0.4, -0.2) is 36.6 Å². The number of amides is 1. The third-order valence-electron chi connectivity index (χ3n) is 3.75. The average Bonchev–Trinajstić information content (AvgIpc) is 3.16. The fraction of sp³-hybridized carbons (Fsp3) is 0.111. The van der Waals surface area contributed by atoms with Crippen LogP contribution in [0.25, 0.3) is 11.4 Å².